The first kappa shape index (κ1) is 13.0. The Morgan fingerprint density at radius 1 is 1.17 bits per heavy atom. The fraction of sp³-hybridized carbons (Fsp3) is 0.538. The topological polar surface area (TPSA) is 57.0 Å². The van der Waals surface area contributed by atoms with Crippen molar-refractivity contribution in [2.24, 2.45) is 0 Å². The number of nitrogens with zero attached hydrogens (tertiary/aromatic N) is 1. The van der Waals surface area contributed by atoms with Crippen molar-refractivity contribution in [3.05, 3.63) is 17.7 Å². The summed E-state index contributed by atoms with van der Waals surface area (Å²) in [5.74, 6) is 1.38. The van der Waals surface area contributed by atoms with Crippen LogP contribution in [0.4, 0.5) is 5.69 Å². The predicted octanol–water partition coefficient (Wildman–Crippen LogP) is 1.12. The summed E-state index contributed by atoms with van der Waals surface area (Å²) in [5, 5.41) is 0. The zero-order valence-corrected chi connectivity index (χ0v) is 10.9. The van der Waals surface area contributed by atoms with Crippen LogP contribution in [0.1, 0.15) is 5.56 Å². The highest BCUT2D eigenvalue weighted by Gasteiger charge is 2.14. The van der Waals surface area contributed by atoms with E-state index in [1.54, 1.807) is 14.2 Å². The molecule has 1 aromatic carbocycles. The molecule has 5 nitrogen and oxygen atoms in total. The number of nitrogens with two attached hydrogens (primary N) is 1. The Morgan fingerprint density at radius 2 is 1.78 bits per heavy atom. The van der Waals surface area contributed by atoms with Crippen LogP contribution in [-0.2, 0) is 11.3 Å². The lowest BCUT2D eigenvalue weighted by atomic mass is 10.1. The highest BCUT2D eigenvalue weighted by Crippen LogP contribution is 2.32. The van der Waals surface area contributed by atoms with Crippen molar-refractivity contribution in [1.82, 2.24) is 4.90 Å². The highest BCUT2D eigenvalue weighted by atomic mass is 16.5. The molecule has 1 saturated heterocycles. The molecule has 0 radical (unpaired) electrons. The van der Waals surface area contributed by atoms with Gasteiger partial charge in [-0.05, 0) is 11.6 Å². The number of methoxy groups -OCH3 is 2. The summed E-state index contributed by atoms with van der Waals surface area (Å²) in [6, 6.07) is 3.76. The van der Waals surface area contributed by atoms with Crippen LogP contribution >= 0.6 is 0 Å². The first-order chi connectivity index (χ1) is 8.74. The van der Waals surface area contributed by atoms with Crippen LogP contribution < -0.4 is 15.2 Å². The number of nitrogen functional groups attached to an aromatic ring is 1. The molecule has 1 fully saturated rings. The van der Waals surface area contributed by atoms with Crippen LogP contribution in [0.5, 0.6) is 11.5 Å². The minimum atomic E-state index is 0.667. The van der Waals surface area contributed by atoms with Gasteiger partial charge in [0.25, 0.3) is 0 Å². The molecule has 0 saturated carbocycles. The Balaban J connectivity index is 2.16. The van der Waals surface area contributed by atoms with Crippen LogP contribution in [0, 0.1) is 0 Å². The monoisotopic (exact) mass is 252 g/mol. The molecule has 100 valence electrons. The Labute approximate surface area is 107 Å². The molecule has 0 aliphatic carbocycles. The summed E-state index contributed by atoms with van der Waals surface area (Å²) in [6.45, 7) is 4.26. The van der Waals surface area contributed by atoms with Gasteiger partial charge in [0.2, 0.25) is 0 Å². The zero-order valence-electron chi connectivity index (χ0n) is 10.9. The van der Waals surface area contributed by atoms with Gasteiger partial charge in [-0.25, -0.2) is 0 Å². The molecule has 1 aromatic rings. The van der Waals surface area contributed by atoms with Gasteiger partial charge in [-0.3, -0.25) is 4.90 Å². The van der Waals surface area contributed by atoms with Gasteiger partial charge in [-0.1, -0.05) is 0 Å². The third-order valence-electron chi connectivity index (χ3n) is 3.14. The summed E-state index contributed by atoms with van der Waals surface area (Å²) in [4.78, 5) is 2.32. The maximum Gasteiger partial charge on any atom is 0.162 e. The number of hydrogen-bond acceptors (Lipinski definition) is 5. The fourth-order valence-electron chi connectivity index (χ4n) is 2.07. The molecular formula is C13H20N2O3. The molecule has 5 heteroatoms. The molecule has 0 aromatic heterocycles. The van der Waals surface area contributed by atoms with Gasteiger partial charge in [-0.2, -0.15) is 0 Å². The predicted molar refractivity (Wildman–Crippen MR) is 70.1 cm³/mol. The Morgan fingerprint density at radius 3 is 2.39 bits per heavy atom. The number of morpholine rings is 1. The van der Waals surface area contributed by atoms with Crippen molar-refractivity contribution < 1.29 is 14.2 Å². The van der Waals surface area contributed by atoms with Crippen LogP contribution in [-0.4, -0.2) is 45.4 Å². The number of rotatable bonds is 4. The SMILES string of the molecule is COc1cc(N)c(CN2CCOCC2)cc1OC. The maximum atomic E-state index is 6.04. The number of benzene rings is 1. The van der Waals surface area contributed by atoms with Crippen molar-refractivity contribution in [3.8, 4) is 11.5 Å². The lowest BCUT2D eigenvalue weighted by Crippen LogP contribution is -2.35. The molecule has 0 amide bonds. The van der Waals surface area contributed by atoms with Crippen LogP contribution in [0.2, 0.25) is 0 Å². The highest BCUT2D eigenvalue weighted by molar-refractivity contribution is 5.57. The normalized spacial score (nSPS) is 16.6. The molecule has 0 bridgehead atoms. The summed E-state index contributed by atoms with van der Waals surface area (Å²) < 4.78 is 15.9. The van der Waals surface area contributed by atoms with Crippen molar-refractivity contribution in [1.29, 1.82) is 0 Å². The number of anilines is 1. The lowest BCUT2D eigenvalue weighted by molar-refractivity contribution is 0.0342. The van der Waals surface area contributed by atoms with E-state index in [1.165, 1.54) is 0 Å². The smallest absolute Gasteiger partial charge is 0.162 e. The molecule has 0 spiro atoms. The van der Waals surface area contributed by atoms with E-state index in [9.17, 15) is 0 Å². The molecular weight excluding hydrogens is 232 g/mol. The van der Waals surface area contributed by atoms with Crippen LogP contribution in [0.25, 0.3) is 0 Å². The van der Waals surface area contributed by atoms with E-state index in [-0.39, 0.29) is 0 Å². The van der Waals surface area contributed by atoms with E-state index in [0.717, 1.165) is 49.8 Å². The molecule has 1 aliphatic rings. The van der Waals surface area contributed by atoms with Gasteiger partial charge in [0.15, 0.2) is 11.5 Å². The van der Waals surface area contributed by atoms with Crippen molar-refractivity contribution in [2.45, 2.75) is 6.54 Å². The van der Waals surface area contributed by atoms with Gasteiger partial charge in [-0.15, -0.1) is 0 Å². The molecule has 2 N–H and O–H groups in total. The minimum Gasteiger partial charge on any atom is -0.493 e. The Kier molecular flexibility index (Phi) is 4.28. The van der Waals surface area contributed by atoms with E-state index in [0.29, 0.717) is 5.75 Å². The molecule has 18 heavy (non-hydrogen) atoms. The van der Waals surface area contributed by atoms with Gasteiger partial charge >= 0.3 is 0 Å². The Hall–Kier alpha value is -1.46. The average molecular weight is 252 g/mol. The van der Waals surface area contributed by atoms with E-state index in [4.69, 9.17) is 19.9 Å². The van der Waals surface area contributed by atoms with E-state index >= 15 is 0 Å². The maximum absolute atomic E-state index is 6.04. The van der Waals surface area contributed by atoms with Gasteiger partial charge < -0.3 is 19.9 Å². The number of ether oxygens (including phenoxy) is 3. The first-order valence-corrected chi connectivity index (χ1v) is 6.05. The van der Waals surface area contributed by atoms with Gasteiger partial charge in [0, 0.05) is 31.4 Å². The summed E-state index contributed by atoms with van der Waals surface area (Å²) in [7, 11) is 3.24. The second-order valence-corrected chi connectivity index (χ2v) is 4.29. The largest absolute Gasteiger partial charge is 0.493 e. The van der Waals surface area contributed by atoms with E-state index < -0.39 is 0 Å². The molecule has 1 aliphatic heterocycles. The quantitative estimate of drug-likeness (QED) is 0.814. The fourth-order valence-corrected chi connectivity index (χ4v) is 2.07. The number of hydrogen-bond donors (Lipinski definition) is 1. The summed E-state index contributed by atoms with van der Waals surface area (Å²) in [5.41, 5.74) is 7.84. The van der Waals surface area contributed by atoms with Crippen molar-refractivity contribution >= 4 is 5.69 Å². The zero-order chi connectivity index (χ0) is 13.0. The van der Waals surface area contributed by atoms with E-state index in [2.05, 4.69) is 4.90 Å². The molecule has 0 unspecified atom stereocenters. The first-order valence-electron chi connectivity index (χ1n) is 6.05. The second kappa shape index (κ2) is 5.93. The van der Waals surface area contributed by atoms with E-state index in [1.807, 2.05) is 12.1 Å². The third-order valence-corrected chi connectivity index (χ3v) is 3.14. The Bertz CT molecular complexity index is 403. The van der Waals surface area contributed by atoms with Gasteiger partial charge in [0.05, 0.1) is 27.4 Å². The van der Waals surface area contributed by atoms with Crippen molar-refractivity contribution in [3.63, 3.8) is 0 Å². The molecule has 2 rings (SSSR count). The second-order valence-electron chi connectivity index (χ2n) is 4.29. The van der Waals surface area contributed by atoms with Crippen LogP contribution in [0.15, 0.2) is 12.1 Å². The molecule has 1 heterocycles. The standard InChI is InChI=1S/C13H20N2O3/c1-16-12-7-10(11(14)8-13(12)17-2)9-15-3-5-18-6-4-15/h7-8H,3-6,9,14H2,1-2H3. The third kappa shape index (κ3) is 2.86. The molecule has 0 atom stereocenters. The van der Waals surface area contributed by atoms with Crippen LogP contribution in [0.3, 0.4) is 0 Å². The average Bonchev–Trinajstić information content (AvgIpc) is 2.41. The van der Waals surface area contributed by atoms with Crippen molar-refractivity contribution in [2.75, 3.05) is 46.3 Å². The minimum absolute atomic E-state index is 0.667. The lowest BCUT2D eigenvalue weighted by Gasteiger charge is -2.27. The summed E-state index contributed by atoms with van der Waals surface area (Å²) >= 11 is 0. The summed E-state index contributed by atoms with van der Waals surface area (Å²) in [6.07, 6.45) is 0. The van der Waals surface area contributed by atoms with Gasteiger partial charge in [0.1, 0.15) is 0 Å².